The number of aliphatic carboxylic acids is 1. The molecular formula is C12H25NO2. The van der Waals surface area contributed by atoms with Gasteiger partial charge in [0.2, 0.25) is 0 Å². The van der Waals surface area contributed by atoms with E-state index in [1.54, 1.807) is 0 Å². The molecule has 3 heteroatoms. The van der Waals surface area contributed by atoms with Gasteiger partial charge in [-0.25, -0.2) is 0 Å². The van der Waals surface area contributed by atoms with Gasteiger partial charge in [0.25, 0.3) is 0 Å². The van der Waals surface area contributed by atoms with Gasteiger partial charge < -0.3 is 10.4 Å². The van der Waals surface area contributed by atoms with Crippen molar-refractivity contribution in [1.29, 1.82) is 0 Å². The molecule has 0 aromatic rings. The van der Waals surface area contributed by atoms with Crippen LogP contribution in [0.2, 0.25) is 0 Å². The number of hydrogen-bond donors (Lipinski definition) is 2. The van der Waals surface area contributed by atoms with Crippen LogP contribution in [0.3, 0.4) is 0 Å². The number of rotatable bonds is 9. The molecule has 0 fully saturated rings. The van der Waals surface area contributed by atoms with E-state index in [-0.39, 0.29) is 6.42 Å². The lowest BCUT2D eigenvalue weighted by molar-refractivity contribution is -0.137. The Balaban J connectivity index is 3.23. The molecule has 0 spiro atoms. The van der Waals surface area contributed by atoms with Gasteiger partial charge in [0.1, 0.15) is 0 Å². The van der Waals surface area contributed by atoms with Crippen molar-refractivity contribution in [3.8, 4) is 0 Å². The summed E-state index contributed by atoms with van der Waals surface area (Å²) in [6.07, 6.45) is 4.72. The van der Waals surface area contributed by atoms with E-state index in [1.165, 1.54) is 19.3 Å². The second kappa shape index (κ2) is 8.72. The molecule has 0 aromatic heterocycles. The molecular weight excluding hydrogens is 190 g/mol. The van der Waals surface area contributed by atoms with E-state index in [2.05, 4.69) is 19.2 Å². The van der Waals surface area contributed by atoms with Crippen LogP contribution in [0.15, 0.2) is 0 Å². The summed E-state index contributed by atoms with van der Waals surface area (Å²) < 4.78 is 0. The number of hydrogen-bond acceptors (Lipinski definition) is 2. The monoisotopic (exact) mass is 215 g/mol. The number of nitrogens with one attached hydrogen (secondary N) is 1. The van der Waals surface area contributed by atoms with Crippen LogP contribution in [0, 0.1) is 5.92 Å². The zero-order valence-corrected chi connectivity index (χ0v) is 10.3. The van der Waals surface area contributed by atoms with Crippen molar-refractivity contribution in [2.45, 2.75) is 58.9 Å². The number of carboxylic acid groups (broad SMARTS) is 1. The van der Waals surface area contributed by atoms with E-state index in [0.29, 0.717) is 6.04 Å². The molecule has 2 N–H and O–H groups in total. The standard InChI is InChI=1S/C12H25NO2/c1-10(2)6-4-5-9-13-11(3)7-8-12(14)15/h10-11,13H,4-9H2,1-3H3,(H,14,15). The lowest BCUT2D eigenvalue weighted by Gasteiger charge is -2.12. The molecule has 0 aromatic carbocycles. The minimum Gasteiger partial charge on any atom is -0.481 e. The molecule has 15 heavy (non-hydrogen) atoms. The molecule has 3 nitrogen and oxygen atoms in total. The van der Waals surface area contributed by atoms with Gasteiger partial charge in [-0.2, -0.15) is 0 Å². The van der Waals surface area contributed by atoms with E-state index in [0.717, 1.165) is 18.9 Å². The molecule has 0 heterocycles. The fourth-order valence-electron chi connectivity index (χ4n) is 1.47. The quantitative estimate of drug-likeness (QED) is 0.581. The Hall–Kier alpha value is -0.570. The van der Waals surface area contributed by atoms with Gasteiger partial charge in [0.05, 0.1) is 0 Å². The number of carbonyl (C=O) groups is 1. The second-order valence-corrected chi connectivity index (χ2v) is 4.68. The summed E-state index contributed by atoms with van der Waals surface area (Å²) in [5.74, 6) is 0.0814. The highest BCUT2D eigenvalue weighted by Gasteiger charge is 2.04. The number of carboxylic acids is 1. The van der Waals surface area contributed by atoms with Crippen LogP contribution >= 0.6 is 0 Å². The van der Waals surface area contributed by atoms with Gasteiger partial charge in [-0.1, -0.05) is 26.7 Å². The van der Waals surface area contributed by atoms with Crippen LogP contribution in [-0.2, 0) is 4.79 Å². The number of unbranched alkanes of at least 4 members (excludes halogenated alkanes) is 1. The molecule has 0 saturated carbocycles. The van der Waals surface area contributed by atoms with Crippen LogP contribution in [0.5, 0.6) is 0 Å². The molecule has 0 saturated heterocycles. The zero-order valence-electron chi connectivity index (χ0n) is 10.3. The van der Waals surface area contributed by atoms with Crippen molar-refractivity contribution in [3.63, 3.8) is 0 Å². The normalized spacial score (nSPS) is 13.1. The van der Waals surface area contributed by atoms with E-state index in [1.807, 2.05) is 6.92 Å². The summed E-state index contributed by atoms with van der Waals surface area (Å²) in [5, 5.41) is 11.9. The maximum Gasteiger partial charge on any atom is 0.303 e. The van der Waals surface area contributed by atoms with Crippen LogP contribution in [0.1, 0.15) is 52.9 Å². The predicted molar refractivity (Wildman–Crippen MR) is 63.0 cm³/mol. The van der Waals surface area contributed by atoms with Crippen molar-refractivity contribution < 1.29 is 9.90 Å². The Bertz CT molecular complexity index is 169. The highest BCUT2D eigenvalue weighted by molar-refractivity contribution is 5.66. The average molecular weight is 215 g/mol. The summed E-state index contributed by atoms with van der Waals surface area (Å²) in [4.78, 5) is 10.3. The maximum atomic E-state index is 10.3. The van der Waals surface area contributed by atoms with Crippen molar-refractivity contribution in [1.82, 2.24) is 5.32 Å². The average Bonchev–Trinajstić information content (AvgIpc) is 2.13. The van der Waals surface area contributed by atoms with Gasteiger partial charge in [0.15, 0.2) is 0 Å². The molecule has 0 radical (unpaired) electrons. The Morgan fingerprint density at radius 3 is 2.40 bits per heavy atom. The molecule has 0 aliphatic rings. The Labute approximate surface area is 93.3 Å². The Kier molecular flexibility index (Phi) is 8.38. The van der Waals surface area contributed by atoms with E-state index in [9.17, 15) is 4.79 Å². The SMILES string of the molecule is CC(C)CCCCNC(C)CCC(=O)O. The Morgan fingerprint density at radius 1 is 1.20 bits per heavy atom. The smallest absolute Gasteiger partial charge is 0.303 e. The van der Waals surface area contributed by atoms with Crippen LogP contribution < -0.4 is 5.32 Å². The van der Waals surface area contributed by atoms with Gasteiger partial charge in [-0.05, 0) is 32.2 Å². The van der Waals surface area contributed by atoms with E-state index in [4.69, 9.17) is 5.11 Å². The minimum absolute atomic E-state index is 0.264. The van der Waals surface area contributed by atoms with E-state index < -0.39 is 5.97 Å². The first kappa shape index (κ1) is 14.4. The largest absolute Gasteiger partial charge is 0.481 e. The van der Waals surface area contributed by atoms with Crippen molar-refractivity contribution in [2.24, 2.45) is 5.92 Å². The van der Waals surface area contributed by atoms with Crippen LogP contribution in [0.25, 0.3) is 0 Å². The molecule has 1 atom stereocenters. The third-order valence-corrected chi connectivity index (χ3v) is 2.49. The highest BCUT2D eigenvalue weighted by atomic mass is 16.4. The zero-order chi connectivity index (χ0) is 11.7. The fraction of sp³-hybridized carbons (Fsp3) is 0.917. The molecule has 0 aliphatic heterocycles. The van der Waals surface area contributed by atoms with Crippen LogP contribution in [0.4, 0.5) is 0 Å². The van der Waals surface area contributed by atoms with Crippen molar-refractivity contribution in [3.05, 3.63) is 0 Å². The third kappa shape index (κ3) is 11.4. The summed E-state index contributed by atoms with van der Waals surface area (Å²) >= 11 is 0. The first-order chi connectivity index (χ1) is 7.02. The molecule has 0 amide bonds. The van der Waals surface area contributed by atoms with E-state index >= 15 is 0 Å². The molecule has 90 valence electrons. The lowest BCUT2D eigenvalue weighted by Crippen LogP contribution is -2.27. The molecule has 0 rings (SSSR count). The first-order valence-electron chi connectivity index (χ1n) is 5.97. The van der Waals surface area contributed by atoms with Gasteiger partial charge >= 0.3 is 5.97 Å². The predicted octanol–water partition coefficient (Wildman–Crippen LogP) is 2.66. The molecule has 0 bridgehead atoms. The topological polar surface area (TPSA) is 49.3 Å². The third-order valence-electron chi connectivity index (χ3n) is 2.49. The van der Waals surface area contributed by atoms with Crippen molar-refractivity contribution >= 4 is 5.97 Å². The van der Waals surface area contributed by atoms with Crippen molar-refractivity contribution in [2.75, 3.05) is 6.54 Å². The lowest BCUT2D eigenvalue weighted by atomic mass is 10.1. The van der Waals surface area contributed by atoms with Gasteiger partial charge in [-0.3, -0.25) is 4.79 Å². The molecule has 1 unspecified atom stereocenters. The maximum absolute atomic E-state index is 10.3. The van der Waals surface area contributed by atoms with Gasteiger partial charge in [0, 0.05) is 12.5 Å². The summed E-state index contributed by atoms with van der Waals surface area (Å²) in [6.45, 7) is 7.53. The fourth-order valence-corrected chi connectivity index (χ4v) is 1.47. The minimum atomic E-state index is -0.705. The first-order valence-corrected chi connectivity index (χ1v) is 5.97. The summed E-state index contributed by atoms with van der Waals surface area (Å²) in [5.41, 5.74) is 0. The summed E-state index contributed by atoms with van der Waals surface area (Å²) in [7, 11) is 0. The Morgan fingerprint density at radius 2 is 1.87 bits per heavy atom. The highest BCUT2D eigenvalue weighted by Crippen LogP contribution is 2.05. The van der Waals surface area contributed by atoms with Gasteiger partial charge in [-0.15, -0.1) is 0 Å². The van der Waals surface area contributed by atoms with Crippen LogP contribution in [-0.4, -0.2) is 23.7 Å². The molecule has 0 aliphatic carbocycles. The second-order valence-electron chi connectivity index (χ2n) is 4.68. The summed E-state index contributed by atoms with van der Waals surface area (Å²) in [6, 6.07) is 0.320.